The first-order chi connectivity index (χ1) is 15.0. The van der Waals surface area contributed by atoms with Crippen LogP contribution in [0.15, 0.2) is 69.9 Å². The molecule has 4 rings (SSSR count). The predicted octanol–water partition coefficient (Wildman–Crippen LogP) is 4.55. The maximum atomic E-state index is 13.1. The summed E-state index contributed by atoms with van der Waals surface area (Å²) in [6, 6.07) is 17.0. The molecule has 0 aliphatic rings. The van der Waals surface area contributed by atoms with Crippen LogP contribution in [0.5, 0.6) is 5.75 Å². The number of benzene rings is 2. The zero-order chi connectivity index (χ0) is 21.8. The maximum Gasteiger partial charge on any atom is 0.272 e. The number of ether oxygens (including phenoxy) is 1. The van der Waals surface area contributed by atoms with E-state index in [2.05, 4.69) is 10.3 Å². The van der Waals surface area contributed by atoms with Gasteiger partial charge < -0.3 is 10.1 Å². The number of methoxy groups -OCH3 is 1. The second-order valence-electron chi connectivity index (χ2n) is 6.92. The smallest absolute Gasteiger partial charge is 0.272 e. The number of aryl methyl sites for hydroxylation is 1. The van der Waals surface area contributed by atoms with Crippen molar-refractivity contribution in [2.75, 3.05) is 18.2 Å². The molecular weight excluding hydrogens is 430 g/mol. The SMILES string of the molecule is COc1ccc(Cn2c(SCC(=O)Nc3ccccc3C)nc3ccsc3c2=O)cc1. The van der Waals surface area contributed by atoms with Gasteiger partial charge in [-0.15, -0.1) is 11.3 Å². The lowest BCUT2D eigenvalue weighted by Gasteiger charge is -2.13. The van der Waals surface area contributed by atoms with Crippen molar-refractivity contribution in [1.29, 1.82) is 0 Å². The van der Waals surface area contributed by atoms with Crippen LogP contribution in [-0.4, -0.2) is 28.3 Å². The molecule has 1 N–H and O–H groups in total. The zero-order valence-corrected chi connectivity index (χ0v) is 18.8. The first kappa shape index (κ1) is 21.1. The molecule has 158 valence electrons. The highest BCUT2D eigenvalue weighted by molar-refractivity contribution is 7.99. The van der Waals surface area contributed by atoms with Crippen LogP contribution in [0.1, 0.15) is 11.1 Å². The number of hydrogen-bond acceptors (Lipinski definition) is 6. The molecule has 0 spiro atoms. The molecule has 0 saturated carbocycles. The summed E-state index contributed by atoms with van der Waals surface area (Å²) in [5.41, 5.74) is 3.28. The van der Waals surface area contributed by atoms with Crippen molar-refractivity contribution in [3.05, 3.63) is 81.5 Å². The third-order valence-electron chi connectivity index (χ3n) is 4.78. The fourth-order valence-corrected chi connectivity index (χ4v) is 4.69. The summed E-state index contributed by atoms with van der Waals surface area (Å²) in [5, 5.41) is 5.30. The number of fused-ring (bicyclic) bond motifs is 1. The Morgan fingerprint density at radius 1 is 1.16 bits per heavy atom. The van der Waals surface area contributed by atoms with E-state index in [1.807, 2.05) is 66.9 Å². The minimum Gasteiger partial charge on any atom is -0.497 e. The number of carbonyl (C=O) groups is 1. The molecule has 2 aromatic carbocycles. The standard InChI is InChI=1S/C23H21N3O3S2/c1-15-5-3-4-6-18(15)24-20(27)14-31-23-25-19-11-12-30-21(19)22(28)26(23)13-16-7-9-17(29-2)10-8-16/h3-12H,13-14H2,1-2H3,(H,24,27). The highest BCUT2D eigenvalue weighted by Crippen LogP contribution is 2.23. The number of para-hydroxylation sites is 1. The molecule has 0 radical (unpaired) electrons. The Labute approximate surface area is 187 Å². The number of nitrogens with one attached hydrogen (secondary N) is 1. The number of carbonyl (C=O) groups excluding carboxylic acids is 1. The van der Waals surface area contributed by atoms with Crippen molar-refractivity contribution in [2.45, 2.75) is 18.6 Å². The molecule has 0 saturated heterocycles. The molecule has 6 nitrogen and oxygen atoms in total. The van der Waals surface area contributed by atoms with E-state index in [1.54, 1.807) is 11.7 Å². The van der Waals surface area contributed by atoms with Crippen LogP contribution in [0.2, 0.25) is 0 Å². The van der Waals surface area contributed by atoms with Crippen LogP contribution in [0.25, 0.3) is 10.2 Å². The molecule has 31 heavy (non-hydrogen) atoms. The number of rotatable bonds is 7. The zero-order valence-electron chi connectivity index (χ0n) is 17.1. The van der Waals surface area contributed by atoms with Crippen molar-refractivity contribution >= 4 is 44.9 Å². The first-order valence-electron chi connectivity index (χ1n) is 9.64. The van der Waals surface area contributed by atoms with Crippen molar-refractivity contribution in [2.24, 2.45) is 0 Å². The van der Waals surface area contributed by atoms with Gasteiger partial charge in [-0.2, -0.15) is 0 Å². The van der Waals surface area contributed by atoms with Gasteiger partial charge in [-0.1, -0.05) is 42.1 Å². The number of aromatic nitrogens is 2. The van der Waals surface area contributed by atoms with Crippen molar-refractivity contribution in [1.82, 2.24) is 9.55 Å². The number of nitrogens with zero attached hydrogens (tertiary/aromatic N) is 2. The lowest BCUT2D eigenvalue weighted by atomic mass is 10.2. The third-order valence-corrected chi connectivity index (χ3v) is 6.65. The summed E-state index contributed by atoms with van der Waals surface area (Å²) < 4.78 is 7.45. The normalized spacial score (nSPS) is 10.9. The van der Waals surface area contributed by atoms with E-state index in [1.165, 1.54) is 23.1 Å². The molecule has 4 aromatic rings. The first-order valence-corrected chi connectivity index (χ1v) is 11.5. The van der Waals surface area contributed by atoms with Gasteiger partial charge in [-0.3, -0.25) is 14.2 Å². The van der Waals surface area contributed by atoms with E-state index in [-0.39, 0.29) is 17.2 Å². The number of thiophene rings is 1. The molecule has 0 atom stereocenters. The Balaban J connectivity index is 1.58. The number of amides is 1. The van der Waals surface area contributed by atoms with Gasteiger partial charge in [-0.05, 0) is 47.7 Å². The van der Waals surface area contributed by atoms with E-state index in [9.17, 15) is 9.59 Å². The lowest BCUT2D eigenvalue weighted by Crippen LogP contribution is -2.24. The largest absolute Gasteiger partial charge is 0.497 e. The van der Waals surface area contributed by atoms with Crippen LogP contribution in [0.3, 0.4) is 0 Å². The minimum absolute atomic E-state index is 0.0994. The summed E-state index contributed by atoms with van der Waals surface area (Å²) in [7, 11) is 1.62. The molecule has 8 heteroatoms. The second kappa shape index (κ2) is 9.36. The molecule has 1 amide bonds. The maximum absolute atomic E-state index is 13.1. The van der Waals surface area contributed by atoms with Crippen LogP contribution in [-0.2, 0) is 11.3 Å². The van der Waals surface area contributed by atoms with E-state index >= 15 is 0 Å². The van der Waals surface area contributed by atoms with E-state index < -0.39 is 0 Å². The molecule has 0 fully saturated rings. The fourth-order valence-electron chi connectivity index (χ4n) is 3.12. The molecule has 2 aromatic heterocycles. The van der Waals surface area contributed by atoms with Crippen LogP contribution in [0.4, 0.5) is 5.69 Å². The highest BCUT2D eigenvalue weighted by atomic mass is 32.2. The van der Waals surface area contributed by atoms with Crippen molar-refractivity contribution < 1.29 is 9.53 Å². The molecule has 0 bridgehead atoms. The van der Waals surface area contributed by atoms with E-state index in [4.69, 9.17) is 4.74 Å². The van der Waals surface area contributed by atoms with E-state index in [0.29, 0.717) is 21.9 Å². The minimum atomic E-state index is -0.144. The summed E-state index contributed by atoms with van der Waals surface area (Å²) >= 11 is 2.64. The van der Waals surface area contributed by atoms with Gasteiger partial charge in [0.25, 0.3) is 5.56 Å². The lowest BCUT2D eigenvalue weighted by molar-refractivity contribution is -0.113. The molecule has 0 aliphatic carbocycles. The number of hydrogen-bond donors (Lipinski definition) is 1. The quantitative estimate of drug-likeness (QED) is 0.330. The van der Waals surface area contributed by atoms with Crippen LogP contribution >= 0.6 is 23.1 Å². The fraction of sp³-hybridized carbons (Fsp3) is 0.174. The monoisotopic (exact) mass is 451 g/mol. The molecule has 2 heterocycles. The van der Waals surface area contributed by atoms with Gasteiger partial charge >= 0.3 is 0 Å². The third kappa shape index (κ3) is 4.81. The summed E-state index contributed by atoms with van der Waals surface area (Å²) in [4.78, 5) is 30.3. The van der Waals surface area contributed by atoms with Gasteiger partial charge in [0, 0.05) is 5.69 Å². The predicted molar refractivity (Wildman–Crippen MR) is 127 cm³/mol. The Morgan fingerprint density at radius 3 is 2.68 bits per heavy atom. The Kier molecular flexibility index (Phi) is 6.39. The average Bonchev–Trinajstić information content (AvgIpc) is 3.25. The van der Waals surface area contributed by atoms with Gasteiger partial charge in [-0.25, -0.2) is 4.98 Å². The number of anilines is 1. The Hall–Kier alpha value is -3.10. The average molecular weight is 452 g/mol. The van der Waals surface area contributed by atoms with Crippen LogP contribution < -0.4 is 15.6 Å². The Bertz CT molecular complexity index is 1280. The second-order valence-corrected chi connectivity index (χ2v) is 8.78. The molecular formula is C23H21N3O3S2. The van der Waals surface area contributed by atoms with Gasteiger partial charge in [0.1, 0.15) is 10.4 Å². The topological polar surface area (TPSA) is 73.2 Å². The summed E-state index contributed by atoms with van der Waals surface area (Å²) in [5.74, 6) is 0.763. The molecule has 0 unspecified atom stereocenters. The molecule has 0 aliphatic heterocycles. The van der Waals surface area contributed by atoms with Gasteiger partial charge in [0.2, 0.25) is 5.91 Å². The van der Waals surface area contributed by atoms with Crippen molar-refractivity contribution in [3.63, 3.8) is 0 Å². The van der Waals surface area contributed by atoms with Crippen LogP contribution in [0, 0.1) is 6.92 Å². The van der Waals surface area contributed by atoms with Gasteiger partial charge in [0.15, 0.2) is 5.16 Å². The summed E-state index contributed by atoms with van der Waals surface area (Å²) in [6.45, 7) is 2.31. The summed E-state index contributed by atoms with van der Waals surface area (Å²) in [6.07, 6.45) is 0. The van der Waals surface area contributed by atoms with Gasteiger partial charge in [0.05, 0.1) is 24.9 Å². The van der Waals surface area contributed by atoms with E-state index in [0.717, 1.165) is 22.6 Å². The highest BCUT2D eigenvalue weighted by Gasteiger charge is 2.15. The Morgan fingerprint density at radius 2 is 1.94 bits per heavy atom. The van der Waals surface area contributed by atoms with Crippen molar-refractivity contribution in [3.8, 4) is 5.75 Å². The number of thioether (sulfide) groups is 1.